The second-order valence-corrected chi connectivity index (χ2v) is 6.10. The lowest BCUT2D eigenvalue weighted by Crippen LogP contribution is -2.52. The van der Waals surface area contributed by atoms with Crippen molar-refractivity contribution in [3.8, 4) is 0 Å². The fourth-order valence-corrected chi connectivity index (χ4v) is 3.13. The van der Waals surface area contributed by atoms with Gasteiger partial charge in [-0.2, -0.15) is 0 Å². The van der Waals surface area contributed by atoms with E-state index in [1.54, 1.807) is 4.90 Å². The van der Waals surface area contributed by atoms with Crippen molar-refractivity contribution >= 4 is 35.7 Å². The quantitative estimate of drug-likeness (QED) is 0.789. The van der Waals surface area contributed by atoms with Crippen LogP contribution in [0.4, 0.5) is 16.2 Å². The van der Waals surface area contributed by atoms with Gasteiger partial charge in [-0.15, -0.1) is 12.4 Å². The Hall–Kier alpha value is -1.79. The molecule has 6 nitrogen and oxygen atoms in total. The molecule has 0 unspecified atom stereocenters. The third kappa shape index (κ3) is 3.76. The number of halogens is 1. The Labute approximate surface area is 142 Å². The van der Waals surface area contributed by atoms with Crippen molar-refractivity contribution in [2.75, 3.05) is 23.3 Å². The summed E-state index contributed by atoms with van der Waals surface area (Å²) in [5.74, 6) is -0.129. The van der Waals surface area contributed by atoms with Gasteiger partial charge in [-0.1, -0.05) is 25.3 Å². The van der Waals surface area contributed by atoms with Gasteiger partial charge < -0.3 is 16.4 Å². The van der Waals surface area contributed by atoms with Gasteiger partial charge in [0.25, 0.3) is 0 Å². The van der Waals surface area contributed by atoms with Crippen LogP contribution in [0.25, 0.3) is 0 Å². The van der Waals surface area contributed by atoms with Crippen LogP contribution < -0.4 is 21.3 Å². The maximum atomic E-state index is 12.5. The molecule has 3 rings (SSSR count). The second-order valence-electron chi connectivity index (χ2n) is 6.10. The zero-order valence-electron chi connectivity index (χ0n) is 13.0. The number of anilines is 2. The highest BCUT2D eigenvalue weighted by Gasteiger charge is 2.35. The molecule has 4 N–H and O–H groups in total. The molecule has 23 heavy (non-hydrogen) atoms. The van der Waals surface area contributed by atoms with Gasteiger partial charge in [-0.25, -0.2) is 4.79 Å². The number of benzene rings is 1. The summed E-state index contributed by atoms with van der Waals surface area (Å²) >= 11 is 0. The highest BCUT2D eigenvalue weighted by molar-refractivity contribution is 5.99. The number of nitrogens with one attached hydrogen (secondary N) is 2. The Kier molecular flexibility index (Phi) is 5.49. The van der Waals surface area contributed by atoms with Gasteiger partial charge >= 0.3 is 6.03 Å². The van der Waals surface area contributed by atoms with E-state index in [0.717, 1.165) is 37.8 Å². The zero-order chi connectivity index (χ0) is 15.6. The van der Waals surface area contributed by atoms with Crippen molar-refractivity contribution in [1.29, 1.82) is 0 Å². The highest BCUT2D eigenvalue weighted by Crippen LogP contribution is 2.28. The number of hydrogen-bond donors (Lipinski definition) is 3. The fourth-order valence-electron chi connectivity index (χ4n) is 3.13. The van der Waals surface area contributed by atoms with Gasteiger partial charge in [-0.3, -0.25) is 9.69 Å². The predicted octanol–water partition coefficient (Wildman–Crippen LogP) is 2.24. The molecule has 1 aliphatic heterocycles. The maximum absolute atomic E-state index is 12.5. The van der Waals surface area contributed by atoms with Crippen molar-refractivity contribution < 1.29 is 9.59 Å². The van der Waals surface area contributed by atoms with E-state index in [1.165, 1.54) is 0 Å². The maximum Gasteiger partial charge on any atom is 0.321 e. The van der Waals surface area contributed by atoms with E-state index < -0.39 is 5.54 Å². The third-order valence-corrected chi connectivity index (χ3v) is 4.47. The molecule has 1 saturated heterocycles. The molecule has 1 aromatic carbocycles. The summed E-state index contributed by atoms with van der Waals surface area (Å²) in [4.78, 5) is 25.8. The minimum absolute atomic E-state index is 0. The van der Waals surface area contributed by atoms with Gasteiger partial charge in [0, 0.05) is 24.5 Å². The van der Waals surface area contributed by atoms with Crippen LogP contribution in [-0.2, 0) is 4.79 Å². The lowest BCUT2D eigenvalue weighted by molar-refractivity contribution is -0.122. The molecule has 1 heterocycles. The number of hydrogen-bond acceptors (Lipinski definition) is 3. The molecule has 126 valence electrons. The summed E-state index contributed by atoms with van der Waals surface area (Å²) in [7, 11) is 0. The normalized spacial score (nSPS) is 19.7. The van der Waals surface area contributed by atoms with Crippen molar-refractivity contribution in [1.82, 2.24) is 5.32 Å². The molecular weight excluding hydrogens is 316 g/mol. The first-order valence-corrected chi connectivity index (χ1v) is 7.84. The Morgan fingerprint density at radius 3 is 2.65 bits per heavy atom. The molecule has 0 bridgehead atoms. The standard InChI is InChI=1S/C16H22N4O2.ClH/c17-16(7-2-1-3-8-16)14(21)19-12-5-4-6-13(11-12)20-10-9-18-15(20)22;/h4-6,11H,1-3,7-10,17H2,(H,18,22)(H,19,21);1H. The minimum Gasteiger partial charge on any atom is -0.336 e. The molecule has 7 heteroatoms. The molecule has 2 aliphatic rings. The van der Waals surface area contributed by atoms with Crippen LogP contribution in [0.2, 0.25) is 0 Å². The number of carbonyl (C=O) groups is 2. The number of amides is 3. The van der Waals surface area contributed by atoms with Crippen LogP contribution in [-0.4, -0.2) is 30.6 Å². The van der Waals surface area contributed by atoms with Crippen LogP contribution in [0.15, 0.2) is 24.3 Å². The first kappa shape index (κ1) is 17.6. The summed E-state index contributed by atoms with van der Waals surface area (Å²) in [5, 5.41) is 5.67. The first-order valence-electron chi connectivity index (χ1n) is 7.84. The molecule has 1 aliphatic carbocycles. The molecule has 3 amide bonds. The molecule has 0 radical (unpaired) electrons. The summed E-state index contributed by atoms with van der Waals surface area (Å²) in [6.45, 7) is 1.28. The smallest absolute Gasteiger partial charge is 0.321 e. The number of rotatable bonds is 3. The number of nitrogens with two attached hydrogens (primary N) is 1. The molecule has 0 aromatic heterocycles. The van der Waals surface area contributed by atoms with Gasteiger partial charge in [0.1, 0.15) is 0 Å². The zero-order valence-corrected chi connectivity index (χ0v) is 13.8. The van der Waals surface area contributed by atoms with E-state index in [-0.39, 0.29) is 24.3 Å². The topological polar surface area (TPSA) is 87.5 Å². The van der Waals surface area contributed by atoms with E-state index in [0.29, 0.717) is 18.8 Å². The fraction of sp³-hybridized carbons (Fsp3) is 0.500. The average Bonchev–Trinajstić information content (AvgIpc) is 2.94. The largest absolute Gasteiger partial charge is 0.336 e. The monoisotopic (exact) mass is 338 g/mol. The Bertz CT molecular complexity index is 587. The SMILES string of the molecule is Cl.NC1(C(=O)Nc2cccc(N3CCNC3=O)c2)CCCCC1. The Morgan fingerprint density at radius 2 is 2.00 bits per heavy atom. The first-order chi connectivity index (χ1) is 10.6. The second kappa shape index (κ2) is 7.19. The van der Waals surface area contributed by atoms with Crippen molar-refractivity contribution in [3.63, 3.8) is 0 Å². The van der Waals surface area contributed by atoms with E-state index >= 15 is 0 Å². The molecular formula is C16H23ClN4O2. The van der Waals surface area contributed by atoms with E-state index in [1.807, 2.05) is 24.3 Å². The molecule has 0 spiro atoms. The summed E-state index contributed by atoms with van der Waals surface area (Å²) < 4.78 is 0. The van der Waals surface area contributed by atoms with Crippen LogP contribution in [0.5, 0.6) is 0 Å². The third-order valence-electron chi connectivity index (χ3n) is 4.47. The molecule has 0 atom stereocenters. The lowest BCUT2D eigenvalue weighted by atomic mass is 9.82. The summed E-state index contributed by atoms with van der Waals surface area (Å²) in [6, 6.07) is 7.22. The van der Waals surface area contributed by atoms with E-state index in [9.17, 15) is 9.59 Å². The summed E-state index contributed by atoms with van der Waals surface area (Å²) in [5.41, 5.74) is 6.94. The predicted molar refractivity (Wildman–Crippen MR) is 93.1 cm³/mol. The average molecular weight is 339 g/mol. The van der Waals surface area contributed by atoms with Gasteiger partial charge in [0.05, 0.1) is 5.54 Å². The number of carbonyl (C=O) groups excluding carboxylic acids is 2. The van der Waals surface area contributed by atoms with Crippen molar-refractivity contribution in [3.05, 3.63) is 24.3 Å². The van der Waals surface area contributed by atoms with Crippen LogP contribution in [0, 0.1) is 0 Å². The van der Waals surface area contributed by atoms with Crippen molar-refractivity contribution in [2.45, 2.75) is 37.6 Å². The van der Waals surface area contributed by atoms with Gasteiger partial charge in [-0.05, 0) is 31.0 Å². The highest BCUT2D eigenvalue weighted by atomic mass is 35.5. The number of urea groups is 1. The number of nitrogens with zero attached hydrogens (tertiary/aromatic N) is 1. The van der Waals surface area contributed by atoms with Gasteiger partial charge in [0.2, 0.25) is 5.91 Å². The molecule has 2 fully saturated rings. The van der Waals surface area contributed by atoms with E-state index in [2.05, 4.69) is 10.6 Å². The Balaban J connectivity index is 0.00000192. The van der Waals surface area contributed by atoms with Crippen LogP contribution in [0.1, 0.15) is 32.1 Å². The van der Waals surface area contributed by atoms with Crippen LogP contribution >= 0.6 is 12.4 Å². The lowest BCUT2D eigenvalue weighted by Gasteiger charge is -2.31. The minimum atomic E-state index is -0.765. The Morgan fingerprint density at radius 1 is 1.26 bits per heavy atom. The van der Waals surface area contributed by atoms with E-state index in [4.69, 9.17) is 5.73 Å². The molecule has 1 aromatic rings. The van der Waals surface area contributed by atoms with Crippen molar-refractivity contribution in [2.24, 2.45) is 5.73 Å². The summed E-state index contributed by atoms with van der Waals surface area (Å²) in [6.07, 6.45) is 4.60. The molecule has 1 saturated carbocycles. The van der Waals surface area contributed by atoms with Gasteiger partial charge in [0.15, 0.2) is 0 Å². The van der Waals surface area contributed by atoms with Crippen LogP contribution in [0.3, 0.4) is 0 Å².